The minimum absolute atomic E-state index is 0.982. The predicted octanol–water partition coefficient (Wildman–Crippen LogP) is 6.60. The molecule has 0 fully saturated rings. The quantitative estimate of drug-likeness (QED) is 0.230. The standard InChI is InChI=1S/C23H16BrN.S103/c24-22-14-8-7-13-19(22)21-16-25-23(18-11-5-2-6-12-18)15-20(21)17-9-3-1-4-10-17;1-3-5-7-9-11-13-15-17-19-21-23-25-27-29-31-33-35-37-39-41-43-45-47-49-51-53-55-57-59-61-63-65-67-69-71-73-75-77-79-81-83-85-87-89-91-93-95-97-99-101-103-102-100-98-96-94-92-90-88-86-84-82-80-78-76-74-72-70-68-66-64-62-60-58-56-54-52-50-48-46-44-42-40-38-36-34-32-30-28-26-24-22-20-18-16-14-12-10-8-6-4-2/h1-16H;. The topological polar surface area (TPSA) is 12.9 Å². The van der Waals surface area contributed by atoms with Gasteiger partial charge in [-0.2, -0.15) is 0 Å². The van der Waals surface area contributed by atoms with E-state index in [1.165, 1.54) is 28.9 Å². The Morgan fingerprint density at radius 3 is 0.445 bits per heavy atom. The lowest BCUT2D eigenvalue weighted by atomic mass is 9.94. The van der Waals surface area contributed by atoms with E-state index in [1.807, 2.05) is 809 Å². The number of aromatic nitrogens is 1. The molecule has 0 radical (unpaired) electrons. The summed E-state index contributed by atoms with van der Waals surface area (Å²) < 4.78 is 1.07. The Morgan fingerprint density at radius 1 is 0.148 bits per heavy atom. The second-order valence-electron chi connectivity index (χ2n) is 12.7. The van der Waals surface area contributed by atoms with Gasteiger partial charge in [-0.15, -0.1) is 0 Å². The third-order valence-corrected chi connectivity index (χ3v) is 230. The first kappa shape index (κ1) is 142. The zero-order chi connectivity index (χ0) is 90.5. The number of pyridine rings is 1. The van der Waals surface area contributed by atoms with Crippen molar-refractivity contribution in [2.75, 3.05) is 0 Å². The van der Waals surface area contributed by atoms with Crippen LogP contribution in [0.2, 0.25) is 0 Å². The predicted molar refractivity (Wildman–Crippen MR) is 867 cm³/mol. The Bertz CT molecular complexity index is 9550. The SMILES string of the molecule is Brc1ccccc1-c1cnc(-c2ccccc2)cc1-c1ccccc1.S=S=S=S=S=S=S=S=S=S=S=S=S=S=S=S=S=S=S=S=S=S=S=S=S=S=S=S=S=S=S=S=S=S=S=S=S=S=S=S=S=S=S=S=S=S=S=S=S=S=S=S=S=S=S=S=S=S=S=S=S=S=S=S=S=S=S=S=S=S=S=S=S=S=S=S=S=S=S=S=S=S=S=S=S=S=S=S=S=S=S=S=S=S=S=S=S=S=S=S=S=S=S. The monoisotopic (exact) mass is 3680 g/mol. The molecule has 0 atom stereocenters. The smallest absolute Gasteiger partial charge is 0.0708 e. The molecule has 0 N–H and O–H groups in total. The highest BCUT2D eigenvalue weighted by atomic mass is 79.9. The Morgan fingerprint density at radius 2 is 0.289 bits per heavy atom. The van der Waals surface area contributed by atoms with Crippen LogP contribution < -0.4 is 0 Å². The zero-order valence-corrected chi connectivity index (χ0v) is 141. The summed E-state index contributed by atoms with van der Waals surface area (Å²) in [7, 11) is 183. The van der Waals surface area contributed by atoms with Crippen LogP contribution in [0.5, 0.6) is 0 Å². The molecule has 0 amide bonds. The first-order valence-corrected chi connectivity index (χ1v) is 162. The lowest BCUT2D eigenvalue weighted by Gasteiger charge is -2.13. The van der Waals surface area contributed by atoms with Gasteiger partial charge in [0, 0.05) is 941 Å². The van der Waals surface area contributed by atoms with E-state index in [9.17, 15) is 0 Å². The molecular formula is C23H16BrNS103. The Balaban J connectivity index is 0.00000141. The number of halogens is 1. The second kappa shape index (κ2) is 124. The number of nitrogens with zero attached hydrogens (tertiary/aromatic N) is 1. The van der Waals surface area contributed by atoms with Gasteiger partial charge in [0.2, 0.25) is 0 Å². The van der Waals surface area contributed by atoms with Gasteiger partial charge in [0.15, 0.2) is 0 Å². The molecule has 105 heteroatoms. The molecule has 128 heavy (non-hydrogen) atoms. The van der Waals surface area contributed by atoms with Crippen molar-refractivity contribution in [2.45, 2.75) is 0 Å². The molecule has 0 aliphatic rings. The summed E-state index contributed by atoms with van der Waals surface area (Å²) in [6, 6.07) is 31.2. The van der Waals surface area contributed by atoms with Crippen LogP contribution in [0.4, 0.5) is 0 Å². The van der Waals surface area contributed by atoms with Crippen LogP contribution in [0, 0.1) is 0 Å². The highest BCUT2D eigenvalue weighted by Crippen LogP contribution is 2.37. The summed E-state index contributed by atoms with van der Waals surface area (Å²) in [6.07, 6.45) is 1.98. The summed E-state index contributed by atoms with van der Waals surface area (Å²) >= 11 is 13.3. The minimum Gasteiger partial charge on any atom is -0.256 e. The van der Waals surface area contributed by atoms with E-state index < -0.39 is 0 Å². The van der Waals surface area contributed by atoms with Crippen molar-refractivity contribution in [3.8, 4) is 33.5 Å². The maximum absolute atomic E-state index is 4.83. The summed E-state index contributed by atoms with van der Waals surface area (Å²) in [4.78, 5) is 4.73. The van der Waals surface area contributed by atoms with E-state index in [-0.39, 0.29) is 0 Å². The molecule has 1 heterocycles. The van der Waals surface area contributed by atoms with Crippen molar-refractivity contribution >= 4 is 935 Å². The lowest BCUT2D eigenvalue weighted by Crippen LogP contribution is -1.91. The van der Waals surface area contributed by atoms with Crippen molar-refractivity contribution < 1.29 is 0 Å². The van der Waals surface area contributed by atoms with Crippen molar-refractivity contribution in [1.29, 1.82) is 0 Å². The number of hydrogen-bond acceptors (Lipinski definition) is 3. The molecule has 3 aromatic carbocycles. The Hall–Kier alpha value is 20.0. The fourth-order valence-electron chi connectivity index (χ4n) is 4.10. The first-order chi connectivity index (χ1) is 63.7. The van der Waals surface area contributed by atoms with Gasteiger partial charge < -0.3 is 0 Å². The van der Waals surface area contributed by atoms with E-state index in [1.54, 1.807) is 107 Å². The van der Waals surface area contributed by atoms with E-state index in [0.29, 0.717) is 0 Å². The van der Waals surface area contributed by atoms with Crippen molar-refractivity contribution in [3.05, 3.63) is 102 Å². The molecule has 1 aromatic heterocycles. The van der Waals surface area contributed by atoms with Crippen molar-refractivity contribution in [2.24, 2.45) is 0 Å². The molecule has 738 valence electrons. The van der Waals surface area contributed by atoms with Gasteiger partial charge in [0.1, 0.15) is 0 Å². The van der Waals surface area contributed by atoms with Crippen LogP contribution in [0.25, 0.3) is 33.5 Å². The van der Waals surface area contributed by atoms with Crippen molar-refractivity contribution in [3.63, 3.8) is 0 Å². The summed E-state index contributed by atoms with van der Waals surface area (Å²) in [5.41, 5.74) is 6.75. The van der Waals surface area contributed by atoms with E-state index in [4.69, 9.17) is 27.4 Å². The highest BCUT2D eigenvalue weighted by molar-refractivity contribution is 9.10. The third kappa shape index (κ3) is 104. The van der Waals surface area contributed by atoms with Gasteiger partial charge in [-0.05, 0) is 28.8 Å². The van der Waals surface area contributed by atoms with E-state index >= 15 is 0 Å². The summed E-state index contributed by atoms with van der Waals surface area (Å²) in [6.45, 7) is 0. The Labute approximate surface area is 1040 Å². The maximum Gasteiger partial charge on any atom is 0.0708 e. The minimum atomic E-state index is 0.982. The van der Waals surface area contributed by atoms with E-state index in [0.717, 1.165) is 26.9 Å². The molecule has 0 aliphatic heterocycles. The number of benzene rings is 3. The van der Waals surface area contributed by atoms with Crippen LogP contribution >= 0.6 is 15.9 Å². The normalized spacial score (nSPS) is 8.41. The van der Waals surface area contributed by atoms with Gasteiger partial charge in [-0.25, -0.2) is 0 Å². The average molecular weight is 3690 g/mol. The summed E-state index contributed by atoms with van der Waals surface area (Å²) in [5, 5.41) is 0. The lowest BCUT2D eigenvalue weighted by molar-refractivity contribution is 1.32. The molecular weight excluding hydrogens is 3670 g/mol. The van der Waals surface area contributed by atoms with Gasteiger partial charge in [-0.1, -0.05) is 94.8 Å². The molecule has 1 nitrogen and oxygen atoms in total. The largest absolute Gasteiger partial charge is 0.256 e. The molecule has 4 rings (SSSR count). The molecule has 0 saturated carbocycles. The second-order valence-corrected chi connectivity index (χ2v) is 192. The van der Waals surface area contributed by atoms with Gasteiger partial charge in [-0.3, -0.25) is 4.98 Å². The zero-order valence-electron chi connectivity index (χ0n) is 55.6. The van der Waals surface area contributed by atoms with Gasteiger partial charge in [0.05, 0.1) is 5.69 Å². The highest BCUT2D eigenvalue weighted by Gasteiger charge is 2.13. The molecule has 4 aromatic rings. The first-order valence-electron chi connectivity index (χ1n) is 25.2. The number of hydrogen-bond donors (Lipinski definition) is 0. The molecule has 0 aliphatic carbocycles. The fourth-order valence-corrected chi connectivity index (χ4v) is 276. The molecule has 0 bridgehead atoms. The van der Waals surface area contributed by atoms with Crippen LogP contribution in [0.1, 0.15) is 0 Å². The Kier molecular flexibility index (Phi) is 138. The molecule has 0 spiro atoms. The third-order valence-electron chi connectivity index (χ3n) is 7.00. The summed E-state index contributed by atoms with van der Waals surface area (Å²) in [5.74, 6) is 0. The van der Waals surface area contributed by atoms with Crippen molar-refractivity contribution in [1.82, 2.24) is 4.98 Å². The average Bonchev–Trinajstić information content (AvgIpc) is 0.790. The molecule has 0 unspecified atom stereocenters. The van der Waals surface area contributed by atoms with E-state index in [2.05, 4.69) is 76.6 Å². The fraction of sp³-hybridized carbons (Fsp3) is 0. The number of rotatable bonds is 3. The van der Waals surface area contributed by atoms with Crippen LogP contribution in [-0.2, 0) is 919 Å². The molecule has 0 saturated heterocycles. The van der Waals surface area contributed by atoms with Crippen LogP contribution in [-0.4, -0.2) is 4.98 Å². The van der Waals surface area contributed by atoms with Crippen LogP contribution in [0.15, 0.2) is 102 Å². The maximum atomic E-state index is 4.83. The van der Waals surface area contributed by atoms with Gasteiger partial charge >= 0.3 is 0 Å². The van der Waals surface area contributed by atoms with Crippen LogP contribution in [0.3, 0.4) is 0 Å². The van der Waals surface area contributed by atoms with Gasteiger partial charge in [0.25, 0.3) is 0 Å².